The van der Waals surface area contributed by atoms with E-state index in [2.05, 4.69) is 4.90 Å². The molecule has 2 heterocycles. The van der Waals surface area contributed by atoms with E-state index in [1.807, 2.05) is 4.90 Å². The molecule has 4 nitrogen and oxygen atoms in total. The summed E-state index contributed by atoms with van der Waals surface area (Å²) in [6, 6.07) is 6.66. The van der Waals surface area contributed by atoms with E-state index in [0.717, 1.165) is 32.4 Å². The SMILES string of the molecule is O=C1N(Cc2ccccc2F)CCCC12CCN(CCO)C2. The first-order valence-electron chi connectivity index (χ1n) is 8.01. The van der Waals surface area contributed by atoms with Crippen LogP contribution in [0.5, 0.6) is 0 Å². The largest absolute Gasteiger partial charge is 0.395 e. The van der Waals surface area contributed by atoms with Crippen molar-refractivity contribution in [3.05, 3.63) is 35.6 Å². The molecule has 5 heteroatoms. The van der Waals surface area contributed by atoms with Gasteiger partial charge in [0.15, 0.2) is 0 Å². The van der Waals surface area contributed by atoms with Crippen LogP contribution in [-0.4, -0.2) is 53.6 Å². The zero-order valence-corrected chi connectivity index (χ0v) is 12.8. The first-order chi connectivity index (χ1) is 10.6. The fourth-order valence-corrected chi connectivity index (χ4v) is 3.80. The van der Waals surface area contributed by atoms with Gasteiger partial charge in [-0.3, -0.25) is 9.69 Å². The minimum Gasteiger partial charge on any atom is -0.395 e. The van der Waals surface area contributed by atoms with Crippen molar-refractivity contribution in [3.8, 4) is 0 Å². The first-order valence-corrected chi connectivity index (χ1v) is 8.01. The lowest BCUT2D eigenvalue weighted by atomic mass is 9.78. The van der Waals surface area contributed by atoms with Crippen LogP contribution in [0.2, 0.25) is 0 Å². The van der Waals surface area contributed by atoms with Crippen LogP contribution in [0.4, 0.5) is 4.39 Å². The van der Waals surface area contributed by atoms with E-state index in [-0.39, 0.29) is 23.7 Å². The number of halogens is 1. The van der Waals surface area contributed by atoms with E-state index in [1.165, 1.54) is 6.07 Å². The highest BCUT2D eigenvalue weighted by Crippen LogP contribution is 2.40. The van der Waals surface area contributed by atoms with Gasteiger partial charge in [0.05, 0.1) is 12.0 Å². The smallest absolute Gasteiger partial charge is 0.230 e. The van der Waals surface area contributed by atoms with Crippen molar-refractivity contribution in [2.24, 2.45) is 5.41 Å². The Morgan fingerprint density at radius 3 is 2.82 bits per heavy atom. The Morgan fingerprint density at radius 1 is 1.23 bits per heavy atom. The molecule has 2 aliphatic rings. The van der Waals surface area contributed by atoms with E-state index in [1.54, 1.807) is 18.2 Å². The van der Waals surface area contributed by atoms with Gasteiger partial charge in [-0.25, -0.2) is 4.39 Å². The minimum absolute atomic E-state index is 0.128. The number of hydrogen-bond acceptors (Lipinski definition) is 3. The molecule has 0 bridgehead atoms. The van der Waals surface area contributed by atoms with Crippen LogP contribution in [0.3, 0.4) is 0 Å². The van der Waals surface area contributed by atoms with Crippen LogP contribution >= 0.6 is 0 Å². The number of amides is 1. The van der Waals surface area contributed by atoms with Crippen molar-refractivity contribution < 1.29 is 14.3 Å². The molecule has 1 atom stereocenters. The van der Waals surface area contributed by atoms with Gasteiger partial charge in [0, 0.05) is 31.7 Å². The molecule has 1 N–H and O–H groups in total. The average molecular weight is 306 g/mol. The molecular formula is C17H23FN2O2. The fraction of sp³-hybridized carbons (Fsp3) is 0.588. The second-order valence-electron chi connectivity index (χ2n) is 6.45. The standard InChI is InChI=1S/C17H23FN2O2/c18-15-5-2-1-4-14(15)12-20-8-3-6-17(16(20)22)7-9-19(13-17)10-11-21/h1-2,4-5,21H,3,6-13H2. The van der Waals surface area contributed by atoms with Crippen LogP contribution in [0, 0.1) is 11.2 Å². The third-order valence-corrected chi connectivity index (χ3v) is 4.99. The molecule has 1 aromatic rings. The predicted molar refractivity (Wildman–Crippen MR) is 81.6 cm³/mol. The van der Waals surface area contributed by atoms with Crippen molar-refractivity contribution >= 4 is 5.91 Å². The van der Waals surface area contributed by atoms with Crippen LogP contribution in [-0.2, 0) is 11.3 Å². The maximum Gasteiger partial charge on any atom is 0.230 e. The quantitative estimate of drug-likeness (QED) is 0.919. The summed E-state index contributed by atoms with van der Waals surface area (Å²) in [5, 5.41) is 9.08. The van der Waals surface area contributed by atoms with Crippen LogP contribution in [0.25, 0.3) is 0 Å². The van der Waals surface area contributed by atoms with Crippen LogP contribution in [0.15, 0.2) is 24.3 Å². The molecule has 0 aromatic heterocycles. The van der Waals surface area contributed by atoms with Gasteiger partial charge in [0.25, 0.3) is 0 Å². The average Bonchev–Trinajstić information content (AvgIpc) is 2.91. The Labute approximate surface area is 130 Å². The maximum atomic E-state index is 13.8. The maximum absolute atomic E-state index is 13.8. The molecule has 0 radical (unpaired) electrons. The molecule has 1 spiro atoms. The van der Waals surface area contributed by atoms with Gasteiger partial charge in [-0.15, -0.1) is 0 Å². The van der Waals surface area contributed by atoms with E-state index in [9.17, 15) is 9.18 Å². The molecule has 1 amide bonds. The number of carbonyl (C=O) groups excluding carboxylic acids is 1. The summed E-state index contributed by atoms with van der Waals surface area (Å²) >= 11 is 0. The van der Waals surface area contributed by atoms with Gasteiger partial charge in [-0.1, -0.05) is 18.2 Å². The number of nitrogens with zero attached hydrogens (tertiary/aromatic N) is 2. The van der Waals surface area contributed by atoms with Crippen molar-refractivity contribution in [1.29, 1.82) is 0 Å². The topological polar surface area (TPSA) is 43.8 Å². The highest BCUT2D eigenvalue weighted by atomic mass is 19.1. The van der Waals surface area contributed by atoms with Crippen molar-refractivity contribution in [1.82, 2.24) is 9.80 Å². The molecule has 1 aromatic carbocycles. The second kappa shape index (κ2) is 6.34. The Balaban J connectivity index is 1.72. The Kier molecular flexibility index (Phi) is 4.45. The number of β-amino-alcohol motifs (C(OH)–C–C–N with tert-alkyl or cyclic N) is 1. The van der Waals surface area contributed by atoms with Gasteiger partial charge in [-0.2, -0.15) is 0 Å². The summed E-state index contributed by atoms with van der Waals surface area (Å²) in [4.78, 5) is 16.9. The third kappa shape index (κ3) is 2.88. The molecule has 2 aliphatic heterocycles. The Bertz CT molecular complexity index is 551. The summed E-state index contributed by atoms with van der Waals surface area (Å²) in [7, 11) is 0. The molecule has 22 heavy (non-hydrogen) atoms. The number of aliphatic hydroxyl groups excluding tert-OH is 1. The predicted octanol–water partition coefficient (Wildman–Crippen LogP) is 1.63. The molecule has 120 valence electrons. The first kappa shape index (κ1) is 15.4. The number of benzene rings is 1. The molecular weight excluding hydrogens is 283 g/mol. The summed E-state index contributed by atoms with van der Waals surface area (Å²) in [5.74, 6) is -0.0919. The van der Waals surface area contributed by atoms with Crippen LogP contribution < -0.4 is 0 Å². The minimum atomic E-state index is -0.321. The van der Waals surface area contributed by atoms with Gasteiger partial charge in [0.1, 0.15) is 5.82 Å². The molecule has 2 fully saturated rings. The fourth-order valence-electron chi connectivity index (χ4n) is 3.80. The van der Waals surface area contributed by atoms with Crippen molar-refractivity contribution in [2.45, 2.75) is 25.8 Å². The van der Waals surface area contributed by atoms with E-state index in [4.69, 9.17) is 5.11 Å². The normalized spacial score (nSPS) is 26.1. The Morgan fingerprint density at radius 2 is 2.05 bits per heavy atom. The highest BCUT2D eigenvalue weighted by molar-refractivity contribution is 5.84. The molecule has 0 saturated carbocycles. The van der Waals surface area contributed by atoms with Crippen molar-refractivity contribution in [2.75, 3.05) is 32.8 Å². The second-order valence-corrected chi connectivity index (χ2v) is 6.45. The van der Waals surface area contributed by atoms with E-state index >= 15 is 0 Å². The highest BCUT2D eigenvalue weighted by Gasteiger charge is 2.48. The third-order valence-electron chi connectivity index (χ3n) is 4.99. The number of aliphatic hydroxyl groups is 1. The lowest BCUT2D eigenvalue weighted by Gasteiger charge is -2.39. The molecule has 1 unspecified atom stereocenters. The monoisotopic (exact) mass is 306 g/mol. The Hall–Kier alpha value is -1.46. The summed E-state index contributed by atoms with van der Waals surface area (Å²) in [6.07, 6.45) is 2.72. The molecule has 0 aliphatic carbocycles. The van der Waals surface area contributed by atoms with Crippen molar-refractivity contribution in [3.63, 3.8) is 0 Å². The summed E-state index contributed by atoms with van der Waals surface area (Å²) < 4.78 is 13.8. The number of rotatable bonds is 4. The summed E-state index contributed by atoms with van der Waals surface area (Å²) in [6.45, 7) is 3.40. The lowest BCUT2D eigenvalue weighted by molar-refractivity contribution is -0.146. The number of piperidine rings is 1. The van der Waals surface area contributed by atoms with Gasteiger partial charge in [-0.05, 0) is 31.9 Å². The van der Waals surface area contributed by atoms with Gasteiger partial charge >= 0.3 is 0 Å². The zero-order chi connectivity index (χ0) is 15.6. The van der Waals surface area contributed by atoms with Gasteiger partial charge in [0.2, 0.25) is 5.91 Å². The number of likely N-dealkylation sites (tertiary alicyclic amines) is 2. The van der Waals surface area contributed by atoms with Gasteiger partial charge < -0.3 is 10.0 Å². The number of carbonyl (C=O) groups is 1. The molecule has 3 rings (SSSR count). The van der Waals surface area contributed by atoms with E-state index in [0.29, 0.717) is 25.2 Å². The van der Waals surface area contributed by atoms with E-state index < -0.39 is 0 Å². The molecule has 2 saturated heterocycles. The summed E-state index contributed by atoms with van der Waals surface area (Å²) in [5.41, 5.74) is 0.261. The lowest BCUT2D eigenvalue weighted by Crippen LogP contribution is -2.49. The van der Waals surface area contributed by atoms with Crippen LogP contribution in [0.1, 0.15) is 24.8 Å². The number of hydrogen-bond donors (Lipinski definition) is 1. The zero-order valence-electron chi connectivity index (χ0n) is 12.8.